The second-order valence-electron chi connectivity index (χ2n) is 18.1. The number of fused-ring (bicyclic) bond motifs is 1. The Balaban J connectivity index is 0.00000529. The fraction of sp³-hybridized carbons (Fsp3) is 0.158. The van der Waals surface area contributed by atoms with Gasteiger partial charge in [0.2, 0.25) is 0 Å². The molecule has 2 heterocycles. The van der Waals surface area contributed by atoms with Gasteiger partial charge in [-0.25, -0.2) is 4.98 Å². The van der Waals surface area contributed by atoms with Crippen molar-refractivity contribution in [2.24, 2.45) is 0 Å². The number of pyridine rings is 1. The van der Waals surface area contributed by atoms with Crippen molar-refractivity contribution in [2.45, 2.75) is 59.3 Å². The number of phenolic OH excluding ortho intramolecular Hbond substituents is 1. The molecule has 7 aromatic carbocycles. The first kappa shape index (κ1) is 42.3. The molecule has 0 aliphatic heterocycles. The molecule has 1 N–H and O–H groups in total. The van der Waals surface area contributed by atoms with Crippen molar-refractivity contribution in [2.75, 3.05) is 0 Å². The van der Waals surface area contributed by atoms with Gasteiger partial charge in [0.1, 0.15) is 11.6 Å². The molecule has 0 saturated carbocycles. The molecule has 0 aliphatic carbocycles. The minimum atomic E-state index is -0.159. The summed E-state index contributed by atoms with van der Waals surface area (Å²) in [6.07, 6.45) is 1.88. The van der Waals surface area contributed by atoms with Crippen LogP contribution in [0, 0.1) is 13.0 Å². The first-order chi connectivity index (χ1) is 29.3. The Bertz CT molecular complexity index is 3050. The smallest absolute Gasteiger partial charge is 0.148 e. The van der Waals surface area contributed by atoms with E-state index in [0.717, 1.165) is 83.6 Å². The van der Waals surface area contributed by atoms with Crippen LogP contribution in [0.15, 0.2) is 170 Å². The van der Waals surface area contributed by atoms with Gasteiger partial charge in [-0.1, -0.05) is 180 Å². The first-order valence-electron chi connectivity index (χ1n) is 21.0. The summed E-state index contributed by atoms with van der Waals surface area (Å²) in [6.45, 7) is 15.4. The Morgan fingerprint density at radius 2 is 1.11 bits per heavy atom. The Hall–Kier alpha value is -6.35. The van der Waals surface area contributed by atoms with E-state index in [2.05, 4.69) is 204 Å². The Kier molecular flexibility index (Phi) is 11.5. The van der Waals surface area contributed by atoms with Crippen LogP contribution in [-0.4, -0.2) is 19.6 Å². The fourth-order valence-electron chi connectivity index (χ4n) is 8.21. The van der Waals surface area contributed by atoms with Crippen molar-refractivity contribution in [1.82, 2.24) is 14.5 Å². The maximum absolute atomic E-state index is 12.0. The minimum absolute atomic E-state index is 0. The van der Waals surface area contributed by atoms with E-state index in [0.29, 0.717) is 11.4 Å². The zero-order valence-electron chi connectivity index (χ0n) is 36.3. The van der Waals surface area contributed by atoms with E-state index in [9.17, 15) is 5.11 Å². The molecule has 0 radical (unpaired) electrons. The van der Waals surface area contributed by atoms with Crippen LogP contribution >= 0.6 is 0 Å². The molecule has 62 heavy (non-hydrogen) atoms. The number of hydrogen-bond donors (Lipinski definition) is 1. The Morgan fingerprint density at radius 1 is 0.516 bits per heavy atom. The van der Waals surface area contributed by atoms with Gasteiger partial charge >= 0.3 is 0 Å². The molecule has 0 saturated heterocycles. The van der Waals surface area contributed by atoms with Crippen LogP contribution < -0.4 is 0 Å². The number of imidazole rings is 1. The van der Waals surface area contributed by atoms with Crippen molar-refractivity contribution in [1.29, 1.82) is 0 Å². The van der Waals surface area contributed by atoms with Gasteiger partial charge < -0.3 is 5.11 Å². The molecule has 0 unspecified atom stereocenters. The van der Waals surface area contributed by atoms with Gasteiger partial charge in [-0.15, -0.1) is 23.8 Å². The number of rotatable bonds is 7. The molecule has 4 nitrogen and oxygen atoms in total. The standard InChI is InChI=1S/C57H50N3O.Pt/c1-37-30-46(57(5,6)7)36-49(54(37)61)55-59-53-47(24-17-25-52(53)60(55)51-27-26-45(56(2,3)4)35-48(51)40-22-15-10-16-23-40)43-31-42(39-20-13-9-14-21-39)32-44(33-43)50-34-41(28-29-58-50)38-18-11-8-12-19-38;/h8-32,34-36,61H,1-7H3;/q-1;. The molecule has 0 atom stereocenters. The van der Waals surface area contributed by atoms with E-state index in [1.165, 1.54) is 5.56 Å². The van der Waals surface area contributed by atoms with Gasteiger partial charge in [-0.3, -0.25) is 9.55 Å². The van der Waals surface area contributed by atoms with Crippen molar-refractivity contribution in [3.05, 3.63) is 193 Å². The maximum Gasteiger partial charge on any atom is 0.148 e. The summed E-state index contributed by atoms with van der Waals surface area (Å²) >= 11 is 0. The summed E-state index contributed by atoms with van der Waals surface area (Å²) in [5.41, 5.74) is 16.5. The van der Waals surface area contributed by atoms with Crippen LogP contribution in [-0.2, 0) is 31.9 Å². The first-order valence-corrected chi connectivity index (χ1v) is 21.0. The maximum atomic E-state index is 12.0. The SMILES string of the molecule is Cc1cc(C(C)(C)C)cc(-c2nc3c(-c4[c-]c(-c5cc(-c6ccccc6)ccn5)cc(-c5ccccc5)c4)cccc3n2-c2ccc(C(C)(C)C)cc2-c2ccccc2)c1O.[Pt]. The van der Waals surface area contributed by atoms with Crippen LogP contribution in [0.2, 0.25) is 0 Å². The third kappa shape index (κ3) is 8.20. The number of benzene rings is 7. The Morgan fingerprint density at radius 3 is 1.76 bits per heavy atom. The second-order valence-corrected chi connectivity index (χ2v) is 18.1. The predicted octanol–water partition coefficient (Wildman–Crippen LogP) is 14.8. The van der Waals surface area contributed by atoms with Crippen LogP contribution in [0.4, 0.5) is 0 Å². The van der Waals surface area contributed by atoms with Crippen molar-refractivity contribution >= 4 is 11.0 Å². The molecule has 0 spiro atoms. The quantitative estimate of drug-likeness (QED) is 0.162. The molecular formula is C57H50N3OPt-. The van der Waals surface area contributed by atoms with Gasteiger partial charge in [0, 0.05) is 38.5 Å². The number of aromatic hydroxyl groups is 1. The van der Waals surface area contributed by atoms with Crippen molar-refractivity contribution in [3.8, 4) is 78.6 Å². The van der Waals surface area contributed by atoms with Gasteiger partial charge in [-0.05, 0) is 87.0 Å². The van der Waals surface area contributed by atoms with Gasteiger partial charge in [-0.2, -0.15) is 0 Å². The molecule has 0 amide bonds. The number of nitrogens with zero attached hydrogens (tertiary/aromatic N) is 3. The molecule has 310 valence electrons. The van der Waals surface area contributed by atoms with Crippen LogP contribution in [0.3, 0.4) is 0 Å². The summed E-state index contributed by atoms with van der Waals surface area (Å²) in [4.78, 5) is 10.5. The van der Waals surface area contributed by atoms with Crippen LogP contribution in [0.1, 0.15) is 58.2 Å². The van der Waals surface area contributed by atoms with Crippen LogP contribution in [0.5, 0.6) is 5.75 Å². The average Bonchev–Trinajstić information content (AvgIpc) is 3.66. The normalized spacial score (nSPS) is 11.7. The predicted molar refractivity (Wildman–Crippen MR) is 254 cm³/mol. The van der Waals surface area contributed by atoms with Crippen molar-refractivity contribution < 1.29 is 26.2 Å². The number of hydrogen-bond acceptors (Lipinski definition) is 3. The minimum Gasteiger partial charge on any atom is -0.507 e. The average molecular weight is 988 g/mol. The van der Waals surface area contributed by atoms with Gasteiger partial charge in [0.25, 0.3) is 0 Å². The van der Waals surface area contributed by atoms with Crippen LogP contribution in [0.25, 0.3) is 83.9 Å². The number of para-hydroxylation sites is 1. The molecule has 0 fully saturated rings. The van der Waals surface area contributed by atoms with Crippen molar-refractivity contribution in [3.63, 3.8) is 0 Å². The number of aryl methyl sites for hydroxylation is 1. The summed E-state index contributed by atoms with van der Waals surface area (Å²) in [5, 5.41) is 12.0. The van der Waals surface area contributed by atoms with E-state index in [4.69, 9.17) is 9.97 Å². The number of aromatic nitrogens is 3. The fourth-order valence-corrected chi connectivity index (χ4v) is 8.21. The molecule has 9 rings (SSSR count). The topological polar surface area (TPSA) is 50.9 Å². The molecule has 0 bridgehead atoms. The summed E-state index contributed by atoms with van der Waals surface area (Å²) in [7, 11) is 0. The van der Waals surface area contributed by atoms with E-state index < -0.39 is 0 Å². The molecule has 0 aliphatic rings. The largest absolute Gasteiger partial charge is 0.507 e. The summed E-state index contributed by atoms with van der Waals surface area (Å²) < 4.78 is 2.25. The second kappa shape index (κ2) is 16.8. The zero-order chi connectivity index (χ0) is 42.5. The third-order valence-electron chi connectivity index (χ3n) is 11.7. The van der Waals surface area contributed by atoms with E-state index in [1.54, 1.807) is 0 Å². The molecule has 2 aromatic heterocycles. The Labute approximate surface area is 380 Å². The van der Waals surface area contributed by atoms with E-state index >= 15 is 0 Å². The molecule has 9 aromatic rings. The monoisotopic (exact) mass is 987 g/mol. The van der Waals surface area contributed by atoms with E-state index in [1.807, 2.05) is 25.3 Å². The molecular weight excluding hydrogens is 938 g/mol. The third-order valence-corrected chi connectivity index (χ3v) is 11.7. The van der Waals surface area contributed by atoms with Gasteiger partial charge in [0.05, 0.1) is 22.3 Å². The summed E-state index contributed by atoms with van der Waals surface area (Å²) in [6, 6.07) is 61.3. The number of phenols is 1. The summed E-state index contributed by atoms with van der Waals surface area (Å²) in [5.74, 6) is 0.898. The molecule has 5 heteroatoms. The zero-order valence-corrected chi connectivity index (χ0v) is 38.5. The van der Waals surface area contributed by atoms with E-state index in [-0.39, 0.29) is 37.6 Å². The van der Waals surface area contributed by atoms with Gasteiger partial charge in [0.15, 0.2) is 0 Å².